The number of nitrogens with zero attached hydrogens (tertiary/aromatic N) is 4. The second-order valence-corrected chi connectivity index (χ2v) is 7.38. The van der Waals surface area contributed by atoms with E-state index < -0.39 is 0 Å². The second-order valence-electron chi connectivity index (χ2n) is 7.38. The lowest BCUT2D eigenvalue weighted by molar-refractivity contribution is 0.0162. The quantitative estimate of drug-likeness (QED) is 0.698. The number of aromatic nitrogens is 3. The summed E-state index contributed by atoms with van der Waals surface area (Å²) in [6.07, 6.45) is 5.45. The third-order valence-electron chi connectivity index (χ3n) is 5.37. The topological polar surface area (TPSA) is 64.3 Å². The van der Waals surface area contributed by atoms with E-state index in [1.165, 1.54) is 11.1 Å². The van der Waals surface area contributed by atoms with Gasteiger partial charge in [0.2, 0.25) is 0 Å². The molecular weight excluding hydrogens is 366 g/mol. The van der Waals surface area contributed by atoms with Crippen LogP contribution in [0.2, 0.25) is 0 Å². The van der Waals surface area contributed by atoms with Crippen molar-refractivity contribution in [3.63, 3.8) is 0 Å². The molecule has 1 saturated heterocycles. The van der Waals surface area contributed by atoms with E-state index in [9.17, 15) is 4.79 Å². The van der Waals surface area contributed by atoms with Crippen molar-refractivity contribution in [3.8, 4) is 5.82 Å². The number of morpholine rings is 1. The monoisotopic (exact) mass is 393 g/mol. The molecule has 1 aliphatic heterocycles. The first-order valence-corrected chi connectivity index (χ1v) is 9.95. The third kappa shape index (κ3) is 4.26. The number of ether oxygens (including phenoxy) is 1. The van der Waals surface area contributed by atoms with Gasteiger partial charge in [-0.3, -0.25) is 14.4 Å². The van der Waals surface area contributed by atoms with Gasteiger partial charge >= 0.3 is 0 Å². The summed E-state index contributed by atoms with van der Waals surface area (Å²) < 4.78 is 9.14. The number of rotatable bonds is 6. The minimum Gasteiger partial charge on any atom is -0.379 e. The minimum absolute atomic E-state index is 0.106. The number of aryl methyl sites for hydroxylation is 2. The Balaban J connectivity index is 1.54. The van der Waals surface area contributed by atoms with Gasteiger partial charge in [-0.25, -0.2) is 0 Å². The molecule has 3 aromatic rings. The van der Waals surface area contributed by atoms with Crippen molar-refractivity contribution in [2.75, 3.05) is 32.8 Å². The van der Waals surface area contributed by atoms with Crippen LogP contribution in [0, 0.1) is 6.92 Å². The van der Waals surface area contributed by atoms with Crippen molar-refractivity contribution in [1.82, 2.24) is 24.6 Å². The van der Waals surface area contributed by atoms with Gasteiger partial charge in [-0.05, 0) is 24.6 Å². The second kappa shape index (κ2) is 8.63. The van der Waals surface area contributed by atoms with Crippen molar-refractivity contribution < 1.29 is 9.53 Å². The molecule has 29 heavy (non-hydrogen) atoms. The maximum Gasteiger partial charge on any atom is 0.256 e. The Morgan fingerprint density at radius 3 is 2.69 bits per heavy atom. The van der Waals surface area contributed by atoms with E-state index in [0.717, 1.165) is 32.1 Å². The molecule has 152 valence electrons. The fraction of sp³-hybridized carbons (Fsp3) is 0.364. The maximum absolute atomic E-state index is 13.0. The van der Waals surface area contributed by atoms with Gasteiger partial charge in [0.15, 0.2) is 0 Å². The molecule has 3 heterocycles. The van der Waals surface area contributed by atoms with E-state index in [4.69, 9.17) is 4.74 Å². The molecule has 0 radical (unpaired) electrons. The molecule has 1 aromatic carbocycles. The average Bonchev–Trinajstić information content (AvgIpc) is 3.38. The van der Waals surface area contributed by atoms with Crippen molar-refractivity contribution in [2.45, 2.75) is 13.0 Å². The highest BCUT2D eigenvalue weighted by atomic mass is 16.5. The summed E-state index contributed by atoms with van der Waals surface area (Å²) in [5, 5.41) is 7.43. The number of nitrogens with one attached hydrogen (secondary N) is 1. The van der Waals surface area contributed by atoms with Crippen LogP contribution in [-0.2, 0) is 11.8 Å². The first-order chi connectivity index (χ1) is 14.1. The van der Waals surface area contributed by atoms with E-state index in [2.05, 4.69) is 46.5 Å². The Hall–Kier alpha value is -2.90. The van der Waals surface area contributed by atoms with Crippen LogP contribution < -0.4 is 5.32 Å². The molecule has 0 bridgehead atoms. The molecular formula is C22H27N5O2. The number of hydrogen-bond acceptors (Lipinski definition) is 4. The van der Waals surface area contributed by atoms with E-state index in [0.29, 0.717) is 12.1 Å². The Morgan fingerprint density at radius 2 is 1.97 bits per heavy atom. The standard InChI is InChI=1S/C22H27N5O2/c1-17-6-5-7-18(14-17)20(26-10-12-29-13-11-26)16-23-21(28)19-15-24-25(2)22(19)27-8-3-4-9-27/h3-9,14-15,20H,10-13,16H2,1-2H3,(H,23,28)/t20-/m0/s1. The zero-order valence-corrected chi connectivity index (χ0v) is 16.9. The summed E-state index contributed by atoms with van der Waals surface area (Å²) in [6, 6.07) is 12.5. The Labute approximate surface area is 170 Å². The number of benzene rings is 1. The van der Waals surface area contributed by atoms with E-state index in [1.54, 1.807) is 10.9 Å². The molecule has 7 nitrogen and oxygen atoms in total. The van der Waals surface area contributed by atoms with Gasteiger partial charge in [0.1, 0.15) is 11.4 Å². The molecule has 1 atom stereocenters. The molecule has 1 fully saturated rings. The summed E-state index contributed by atoms with van der Waals surface area (Å²) in [6.45, 7) is 5.78. The first kappa shape index (κ1) is 19.4. The summed E-state index contributed by atoms with van der Waals surface area (Å²) in [4.78, 5) is 15.4. The van der Waals surface area contributed by atoms with Crippen LogP contribution in [0.25, 0.3) is 5.82 Å². The summed E-state index contributed by atoms with van der Waals surface area (Å²) in [5.74, 6) is 0.638. The molecule has 1 N–H and O–H groups in total. The SMILES string of the molecule is Cc1cccc([C@H](CNC(=O)c2cnn(C)c2-n2cccc2)N2CCOCC2)c1. The Bertz CT molecular complexity index is 958. The van der Waals surface area contributed by atoms with Crippen molar-refractivity contribution in [2.24, 2.45) is 7.05 Å². The molecule has 0 saturated carbocycles. The number of amides is 1. The van der Waals surface area contributed by atoms with Crippen LogP contribution in [-0.4, -0.2) is 58.0 Å². The van der Waals surface area contributed by atoms with Gasteiger partial charge in [-0.2, -0.15) is 5.10 Å². The molecule has 1 amide bonds. The predicted octanol–water partition coefficient (Wildman–Crippen LogP) is 2.32. The molecule has 0 aliphatic carbocycles. The average molecular weight is 393 g/mol. The molecule has 4 rings (SSSR count). The number of carbonyl (C=O) groups is 1. The van der Waals surface area contributed by atoms with Gasteiger partial charge in [0.25, 0.3) is 5.91 Å². The van der Waals surface area contributed by atoms with Crippen LogP contribution in [0.5, 0.6) is 0 Å². The van der Waals surface area contributed by atoms with Gasteiger partial charge in [0, 0.05) is 39.1 Å². The molecule has 7 heteroatoms. The van der Waals surface area contributed by atoms with Crippen LogP contribution in [0.4, 0.5) is 0 Å². The number of carbonyl (C=O) groups excluding carboxylic acids is 1. The lowest BCUT2D eigenvalue weighted by atomic mass is 10.0. The molecule has 0 spiro atoms. The fourth-order valence-electron chi connectivity index (χ4n) is 3.88. The van der Waals surface area contributed by atoms with Crippen molar-refractivity contribution in [3.05, 3.63) is 71.7 Å². The molecule has 0 unspecified atom stereocenters. The lowest BCUT2D eigenvalue weighted by Crippen LogP contribution is -2.43. The first-order valence-electron chi connectivity index (χ1n) is 9.95. The zero-order valence-electron chi connectivity index (χ0n) is 16.9. The zero-order chi connectivity index (χ0) is 20.2. The normalized spacial score (nSPS) is 15.9. The third-order valence-corrected chi connectivity index (χ3v) is 5.37. The van der Waals surface area contributed by atoms with Crippen LogP contribution in [0.1, 0.15) is 27.5 Å². The lowest BCUT2D eigenvalue weighted by Gasteiger charge is -2.35. The Kier molecular flexibility index (Phi) is 5.78. The van der Waals surface area contributed by atoms with E-state index in [1.807, 2.05) is 36.1 Å². The maximum atomic E-state index is 13.0. The van der Waals surface area contributed by atoms with Gasteiger partial charge in [-0.1, -0.05) is 29.8 Å². The summed E-state index contributed by atoms with van der Waals surface area (Å²) >= 11 is 0. The fourth-order valence-corrected chi connectivity index (χ4v) is 3.88. The highest BCUT2D eigenvalue weighted by Gasteiger charge is 2.25. The van der Waals surface area contributed by atoms with Crippen LogP contribution in [0.15, 0.2) is 55.0 Å². The van der Waals surface area contributed by atoms with Crippen LogP contribution >= 0.6 is 0 Å². The van der Waals surface area contributed by atoms with Crippen molar-refractivity contribution in [1.29, 1.82) is 0 Å². The largest absolute Gasteiger partial charge is 0.379 e. The minimum atomic E-state index is -0.118. The molecule has 1 aliphatic rings. The molecule has 2 aromatic heterocycles. The summed E-state index contributed by atoms with van der Waals surface area (Å²) in [5.41, 5.74) is 2.99. The Morgan fingerprint density at radius 1 is 1.21 bits per heavy atom. The van der Waals surface area contributed by atoms with Gasteiger partial charge in [-0.15, -0.1) is 0 Å². The van der Waals surface area contributed by atoms with Gasteiger partial charge in [0.05, 0.1) is 25.5 Å². The van der Waals surface area contributed by atoms with Crippen LogP contribution in [0.3, 0.4) is 0 Å². The van der Waals surface area contributed by atoms with E-state index in [-0.39, 0.29) is 11.9 Å². The smallest absolute Gasteiger partial charge is 0.256 e. The van der Waals surface area contributed by atoms with E-state index >= 15 is 0 Å². The van der Waals surface area contributed by atoms with Crippen molar-refractivity contribution >= 4 is 5.91 Å². The highest BCUT2D eigenvalue weighted by Crippen LogP contribution is 2.23. The number of hydrogen-bond donors (Lipinski definition) is 1. The van der Waals surface area contributed by atoms with Gasteiger partial charge < -0.3 is 14.6 Å². The predicted molar refractivity (Wildman–Crippen MR) is 111 cm³/mol. The summed E-state index contributed by atoms with van der Waals surface area (Å²) in [7, 11) is 1.84. The highest BCUT2D eigenvalue weighted by molar-refractivity contribution is 5.97.